The van der Waals surface area contributed by atoms with Crippen LogP contribution in [0.25, 0.3) is 0 Å². The van der Waals surface area contributed by atoms with Crippen molar-refractivity contribution in [1.29, 1.82) is 0 Å². The number of rotatable bonds is 6. The zero-order valence-electron chi connectivity index (χ0n) is 10.4. The predicted molar refractivity (Wildman–Crippen MR) is 60.0 cm³/mol. The summed E-state index contributed by atoms with van der Waals surface area (Å²) in [5, 5.41) is 17.8. The molecule has 2 N–H and O–H groups in total. The number of nitrogens with zero attached hydrogens (tertiary/aromatic N) is 1. The summed E-state index contributed by atoms with van der Waals surface area (Å²) >= 11 is 0. The van der Waals surface area contributed by atoms with Crippen LogP contribution in [0.3, 0.4) is 0 Å². The van der Waals surface area contributed by atoms with Crippen molar-refractivity contribution in [2.24, 2.45) is 5.41 Å². The summed E-state index contributed by atoms with van der Waals surface area (Å²) in [6.07, 6.45) is -0.0550. The number of carbonyl (C=O) groups excluding carboxylic acids is 1. The van der Waals surface area contributed by atoms with E-state index in [1.807, 2.05) is 13.8 Å². The maximum atomic E-state index is 11.8. The summed E-state index contributed by atoms with van der Waals surface area (Å²) in [5.41, 5.74) is -1.07. The largest absolute Gasteiger partial charge is 0.481 e. The van der Waals surface area contributed by atoms with Crippen molar-refractivity contribution in [3.8, 4) is 0 Å². The SMILES string of the molecule is CC(C)N(CCO)C(=O)CC(C)(C)C(=O)O. The molecule has 1 amide bonds. The van der Waals surface area contributed by atoms with Crippen molar-refractivity contribution in [3.05, 3.63) is 0 Å². The van der Waals surface area contributed by atoms with Gasteiger partial charge in [-0.1, -0.05) is 0 Å². The molecule has 0 aliphatic carbocycles. The fourth-order valence-corrected chi connectivity index (χ4v) is 1.33. The average Bonchev–Trinajstić information content (AvgIpc) is 2.12. The fraction of sp³-hybridized carbons (Fsp3) is 0.818. The number of amides is 1. The van der Waals surface area contributed by atoms with Crippen LogP contribution in [0, 0.1) is 5.41 Å². The number of carboxylic acids is 1. The van der Waals surface area contributed by atoms with Gasteiger partial charge < -0.3 is 15.1 Å². The molecule has 0 spiro atoms. The number of hydrogen-bond donors (Lipinski definition) is 2. The Morgan fingerprint density at radius 3 is 2.12 bits per heavy atom. The van der Waals surface area contributed by atoms with Crippen molar-refractivity contribution in [3.63, 3.8) is 0 Å². The van der Waals surface area contributed by atoms with Gasteiger partial charge in [0.1, 0.15) is 0 Å². The van der Waals surface area contributed by atoms with E-state index in [2.05, 4.69) is 0 Å². The highest BCUT2D eigenvalue weighted by molar-refractivity contribution is 5.84. The minimum Gasteiger partial charge on any atom is -0.481 e. The second kappa shape index (κ2) is 5.84. The molecule has 5 nitrogen and oxygen atoms in total. The van der Waals surface area contributed by atoms with Gasteiger partial charge in [0.05, 0.1) is 12.0 Å². The Kier molecular flexibility index (Phi) is 5.44. The Labute approximate surface area is 96.1 Å². The molecule has 16 heavy (non-hydrogen) atoms. The van der Waals surface area contributed by atoms with Gasteiger partial charge in [0.2, 0.25) is 5.91 Å². The second-order valence-corrected chi connectivity index (χ2v) is 4.77. The lowest BCUT2D eigenvalue weighted by molar-refractivity contribution is -0.152. The molecular weight excluding hydrogens is 210 g/mol. The second-order valence-electron chi connectivity index (χ2n) is 4.77. The van der Waals surface area contributed by atoms with E-state index in [1.54, 1.807) is 0 Å². The maximum absolute atomic E-state index is 11.8. The van der Waals surface area contributed by atoms with Gasteiger partial charge in [-0.05, 0) is 27.7 Å². The van der Waals surface area contributed by atoms with Gasteiger partial charge in [-0.25, -0.2) is 0 Å². The van der Waals surface area contributed by atoms with Crippen LogP contribution < -0.4 is 0 Å². The molecule has 0 aliphatic rings. The van der Waals surface area contributed by atoms with E-state index in [9.17, 15) is 9.59 Å². The standard InChI is InChI=1S/C11H21NO4/c1-8(2)12(5-6-13)9(14)7-11(3,4)10(15)16/h8,13H,5-7H2,1-4H3,(H,15,16). The molecule has 0 saturated heterocycles. The van der Waals surface area contributed by atoms with Crippen LogP contribution in [0.5, 0.6) is 0 Å². The Hall–Kier alpha value is -1.10. The zero-order valence-corrected chi connectivity index (χ0v) is 10.4. The summed E-state index contributed by atoms with van der Waals surface area (Å²) in [7, 11) is 0. The molecule has 0 aromatic carbocycles. The molecule has 0 aromatic rings. The van der Waals surface area contributed by atoms with Gasteiger partial charge in [-0.3, -0.25) is 9.59 Å². The Bertz CT molecular complexity index is 261. The summed E-state index contributed by atoms with van der Waals surface area (Å²) in [6.45, 7) is 6.83. The van der Waals surface area contributed by atoms with Crippen LogP contribution in [0.1, 0.15) is 34.1 Å². The number of aliphatic hydroxyl groups is 1. The third kappa shape index (κ3) is 4.18. The minimum atomic E-state index is -1.07. The predicted octanol–water partition coefficient (Wildman–Crippen LogP) is 0.717. The third-order valence-electron chi connectivity index (χ3n) is 2.46. The van der Waals surface area contributed by atoms with E-state index in [4.69, 9.17) is 10.2 Å². The number of carboxylic acid groups (broad SMARTS) is 1. The lowest BCUT2D eigenvalue weighted by Crippen LogP contribution is -2.42. The number of aliphatic hydroxyl groups excluding tert-OH is 1. The molecule has 0 atom stereocenters. The van der Waals surface area contributed by atoms with Crippen LogP contribution in [0.15, 0.2) is 0 Å². The van der Waals surface area contributed by atoms with E-state index >= 15 is 0 Å². The van der Waals surface area contributed by atoms with Crippen molar-refractivity contribution < 1.29 is 19.8 Å². The normalized spacial score (nSPS) is 11.6. The van der Waals surface area contributed by atoms with E-state index in [0.717, 1.165) is 0 Å². The molecule has 5 heteroatoms. The highest BCUT2D eigenvalue weighted by Crippen LogP contribution is 2.22. The molecule has 0 rings (SSSR count). The topological polar surface area (TPSA) is 77.8 Å². The summed E-state index contributed by atoms with van der Waals surface area (Å²) < 4.78 is 0. The van der Waals surface area contributed by atoms with Crippen LogP contribution in [0.4, 0.5) is 0 Å². The van der Waals surface area contributed by atoms with Crippen molar-refractivity contribution >= 4 is 11.9 Å². The molecule has 0 unspecified atom stereocenters. The molecule has 0 radical (unpaired) electrons. The van der Waals surface area contributed by atoms with E-state index < -0.39 is 11.4 Å². The van der Waals surface area contributed by atoms with Crippen molar-refractivity contribution in [1.82, 2.24) is 4.90 Å². The highest BCUT2D eigenvalue weighted by atomic mass is 16.4. The van der Waals surface area contributed by atoms with Crippen molar-refractivity contribution in [2.75, 3.05) is 13.2 Å². The number of carbonyl (C=O) groups is 2. The van der Waals surface area contributed by atoms with Crippen LogP contribution >= 0.6 is 0 Å². The molecule has 0 heterocycles. The van der Waals surface area contributed by atoms with Crippen molar-refractivity contribution in [2.45, 2.75) is 40.2 Å². The first kappa shape index (κ1) is 14.9. The summed E-state index contributed by atoms with van der Waals surface area (Å²) in [4.78, 5) is 24.2. The minimum absolute atomic E-state index is 0.0377. The van der Waals surface area contributed by atoms with Gasteiger partial charge in [-0.15, -0.1) is 0 Å². The Balaban J connectivity index is 4.59. The first-order valence-corrected chi connectivity index (χ1v) is 5.36. The van der Waals surface area contributed by atoms with E-state index in [1.165, 1.54) is 18.7 Å². The number of aliphatic carboxylic acids is 1. The fourth-order valence-electron chi connectivity index (χ4n) is 1.33. The smallest absolute Gasteiger partial charge is 0.309 e. The Morgan fingerprint density at radius 1 is 1.31 bits per heavy atom. The van der Waals surface area contributed by atoms with E-state index in [0.29, 0.717) is 0 Å². The molecule has 0 aromatic heterocycles. The monoisotopic (exact) mass is 231 g/mol. The van der Waals surface area contributed by atoms with Gasteiger partial charge in [-0.2, -0.15) is 0 Å². The molecule has 0 bridgehead atoms. The molecule has 0 aliphatic heterocycles. The first-order chi connectivity index (χ1) is 7.22. The summed E-state index contributed by atoms with van der Waals surface area (Å²) in [6, 6.07) is -0.0377. The average molecular weight is 231 g/mol. The quantitative estimate of drug-likeness (QED) is 0.706. The molecule has 94 valence electrons. The van der Waals surface area contributed by atoms with Crippen LogP contribution in [0.2, 0.25) is 0 Å². The molecule has 0 fully saturated rings. The first-order valence-electron chi connectivity index (χ1n) is 5.36. The van der Waals surface area contributed by atoms with Gasteiger partial charge >= 0.3 is 5.97 Å². The van der Waals surface area contributed by atoms with Gasteiger partial charge in [0, 0.05) is 19.0 Å². The summed E-state index contributed by atoms with van der Waals surface area (Å²) in [5.74, 6) is -1.23. The van der Waals surface area contributed by atoms with Crippen LogP contribution in [-0.4, -0.2) is 46.2 Å². The number of hydrogen-bond acceptors (Lipinski definition) is 3. The molecule has 0 saturated carbocycles. The lowest BCUT2D eigenvalue weighted by Gasteiger charge is -2.29. The highest BCUT2D eigenvalue weighted by Gasteiger charge is 2.32. The zero-order chi connectivity index (χ0) is 12.9. The Morgan fingerprint density at radius 2 is 1.81 bits per heavy atom. The third-order valence-corrected chi connectivity index (χ3v) is 2.46. The van der Waals surface area contributed by atoms with Gasteiger partial charge in [0.25, 0.3) is 0 Å². The molecular formula is C11H21NO4. The lowest BCUT2D eigenvalue weighted by atomic mass is 9.89. The van der Waals surface area contributed by atoms with Crippen LogP contribution in [-0.2, 0) is 9.59 Å². The maximum Gasteiger partial charge on any atom is 0.309 e. The van der Waals surface area contributed by atoms with E-state index in [-0.39, 0.29) is 31.5 Å². The van der Waals surface area contributed by atoms with Gasteiger partial charge in [0.15, 0.2) is 0 Å².